The average molecular weight is 392 g/mol. The van der Waals surface area contributed by atoms with Gasteiger partial charge in [-0.2, -0.15) is 0 Å². The van der Waals surface area contributed by atoms with Crippen molar-refractivity contribution in [3.63, 3.8) is 0 Å². The van der Waals surface area contributed by atoms with Gasteiger partial charge < -0.3 is 26.3 Å². The summed E-state index contributed by atoms with van der Waals surface area (Å²) in [6.07, 6.45) is 0.783. The molecule has 1 unspecified atom stereocenters. The van der Waals surface area contributed by atoms with Crippen LogP contribution in [-0.4, -0.2) is 58.1 Å². The highest BCUT2D eigenvalue weighted by molar-refractivity contribution is 6.01. The van der Waals surface area contributed by atoms with Crippen LogP contribution in [0.4, 0.5) is 10.2 Å². The number of hydrogen-bond acceptors (Lipinski definition) is 8. The van der Waals surface area contributed by atoms with E-state index in [9.17, 15) is 14.4 Å². The van der Waals surface area contributed by atoms with Crippen molar-refractivity contribution in [2.45, 2.75) is 25.3 Å². The lowest BCUT2D eigenvalue weighted by atomic mass is 9.77. The van der Waals surface area contributed by atoms with Gasteiger partial charge in [-0.15, -0.1) is 0 Å². The van der Waals surface area contributed by atoms with Gasteiger partial charge in [0.2, 0.25) is 11.7 Å². The molecule has 1 aliphatic carbocycles. The first-order valence-electron chi connectivity index (χ1n) is 8.75. The number of nitrogens with zero attached hydrogens (tertiary/aromatic N) is 3. The molecule has 5 N–H and O–H groups in total. The van der Waals surface area contributed by atoms with Crippen LogP contribution in [-0.2, 0) is 11.2 Å². The van der Waals surface area contributed by atoms with Gasteiger partial charge in [-0.25, -0.2) is 9.02 Å². The molecule has 0 bridgehead atoms. The maximum Gasteiger partial charge on any atom is 0.242 e. The van der Waals surface area contributed by atoms with Gasteiger partial charge in [0, 0.05) is 19.0 Å². The van der Waals surface area contributed by atoms with E-state index in [-0.39, 0.29) is 48.1 Å². The Bertz CT molecular complexity index is 871. The second-order valence-electron chi connectivity index (χ2n) is 6.42. The predicted octanol–water partition coefficient (Wildman–Crippen LogP) is 0.183. The molecule has 2 atom stereocenters. The molecule has 150 valence electrons. The molecule has 3 rings (SSSR count). The lowest BCUT2D eigenvalue weighted by molar-refractivity contribution is -0.121. The van der Waals surface area contributed by atoms with E-state index in [1.54, 1.807) is 13.0 Å². The van der Waals surface area contributed by atoms with Crippen molar-refractivity contribution in [1.29, 1.82) is 0 Å². The average Bonchev–Trinajstić information content (AvgIpc) is 3.13. The summed E-state index contributed by atoms with van der Waals surface area (Å²) in [6.45, 7) is 1.95. The molecule has 1 aromatic carbocycles. The number of rotatable bonds is 8. The Kier molecular flexibility index (Phi) is 6.04. The molecule has 0 fully saturated rings. The van der Waals surface area contributed by atoms with Gasteiger partial charge in [-0.1, -0.05) is 11.2 Å². The Morgan fingerprint density at radius 3 is 3.00 bits per heavy atom. The smallest absolute Gasteiger partial charge is 0.242 e. The molecule has 1 amide bonds. The summed E-state index contributed by atoms with van der Waals surface area (Å²) in [6, 6.07) is 3.99. The van der Waals surface area contributed by atoms with E-state index in [4.69, 9.17) is 9.74 Å². The van der Waals surface area contributed by atoms with Gasteiger partial charge >= 0.3 is 0 Å². The number of anilines is 1. The van der Waals surface area contributed by atoms with Gasteiger partial charge in [0.15, 0.2) is 11.5 Å². The van der Waals surface area contributed by atoms with Crippen LogP contribution in [0.2, 0.25) is 0 Å². The minimum absolute atomic E-state index is 0.0107. The number of amidine groups is 1. The Hall–Kier alpha value is -3.21. The Morgan fingerprint density at radius 2 is 2.25 bits per heavy atom. The number of aliphatic hydroxyl groups is 1. The fourth-order valence-corrected chi connectivity index (χ4v) is 2.99. The van der Waals surface area contributed by atoms with Gasteiger partial charge in [-0.05, 0) is 46.9 Å². The molecule has 2 aromatic rings. The van der Waals surface area contributed by atoms with Crippen LogP contribution in [0.25, 0.3) is 0 Å². The van der Waals surface area contributed by atoms with Crippen LogP contribution < -0.4 is 16.0 Å². The number of amides is 1. The topological polar surface area (TPSA) is 145 Å². The molecular weight excluding hydrogens is 371 g/mol. The summed E-state index contributed by atoms with van der Waals surface area (Å²) in [7, 11) is 0. The first kappa shape index (κ1) is 19.5. The third-order valence-electron chi connectivity index (χ3n) is 4.50. The van der Waals surface area contributed by atoms with E-state index in [0.717, 1.165) is 17.5 Å². The summed E-state index contributed by atoms with van der Waals surface area (Å²) < 4.78 is 18.1. The first-order valence-corrected chi connectivity index (χ1v) is 8.75. The molecule has 0 spiro atoms. The Balaban J connectivity index is 1.61. The fraction of sp³-hybridized carbons (Fsp3) is 0.412. The van der Waals surface area contributed by atoms with E-state index in [1.165, 1.54) is 12.1 Å². The van der Waals surface area contributed by atoms with Crippen LogP contribution in [0.1, 0.15) is 29.7 Å². The Labute approximate surface area is 159 Å². The summed E-state index contributed by atoms with van der Waals surface area (Å²) >= 11 is 0. The van der Waals surface area contributed by atoms with Gasteiger partial charge in [0.05, 0.1) is 6.61 Å². The van der Waals surface area contributed by atoms with Gasteiger partial charge in [0.1, 0.15) is 11.9 Å². The van der Waals surface area contributed by atoms with Crippen molar-refractivity contribution >= 4 is 17.6 Å². The zero-order valence-electron chi connectivity index (χ0n) is 15.1. The lowest BCUT2D eigenvalue weighted by Crippen LogP contribution is -2.39. The summed E-state index contributed by atoms with van der Waals surface area (Å²) in [5.41, 5.74) is 2.10. The highest BCUT2D eigenvalue weighted by Crippen LogP contribution is 2.35. The normalized spacial score (nSPS) is 16.7. The van der Waals surface area contributed by atoms with Gasteiger partial charge in [0.25, 0.3) is 0 Å². The van der Waals surface area contributed by atoms with Crippen molar-refractivity contribution in [2.75, 3.05) is 25.0 Å². The van der Waals surface area contributed by atoms with Crippen molar-refractivity contribution in [1.82, 2.24) is 20.9 Å². The highest BCUT2D eigenvalue weighted by Gasteiger charge is 2.28. The van der Waals surface area contributed by atoms with Crippen molar-refractivity contribution in [3.05, 3.63) is 40.8 Å². The predicted molar refractivity (Wildman–Crippen MR) is 96.6 cm³/mol. The molecule has 0 saturated carbocycles. The van der Waals surface area contributed by atoms with E-state index < -0.39 is 6.04 Å². The fourth-order valence-electron chi connectivity index (χ4n) is 2.99. The second kappa shape index (κ2) is 8.65. The SMILES string of the molecule is C[C@H](Nc1nonc1/C(=N/O)NCC1Cc2ccc(F)cc21)C(=O)NCCO. The molecule has 1 heterocycles. The van der Waals surface area contributed by atoms with E-state index >= 15 is 0 Å². The zero-order valence-corrected chi connectivity index (χ0v) is 15.1. The number of oxime groups is 1. The molecule has 0 saturated heterocycles. The van der Waals surface area contributed by atoms with Crippen molar-refractivity contribution in [3.8, 4) is 0 Å². The number of carbonyl (C=O) groups is 1. The number of hydrogen-bond donors (Lipinski definition) is 5. The minimum Gasteiger partial charge on any atom is -0.409 e. The number of benzene rings is 1. The van der Waals surface area contributed by atoms with Crippen LogP contribution in [0.5, 0.6) is 0 Å². The summed E-state index contributed by atoms with van der Waals surface area (Å²) in [5.74, 6) is -0.447. The van der Waals surface area contributed by atoms with Crippen LogP contribution in [0.15, 0.2) is 28.0 Å². The molecule has 1 aromatic heterocycles. The number of halogens is 1. The molecule has 0 radical (unpaired) electrons. The quantitative estimate of drug-likeness (QED) is 0.185. The molecule has 11 heteroatoms. The van der Waals surface area contributed by atoms with Crippen LogP contribution >= 0.6 is 0 Å². The van der Waals surface area contributed by atoms with E-state index in [1.807, 2.05) is 0 Å². The first-order chi connectivity index (χ1) is 13.5. The number of nitrogens with one attached hydrogen (secondary N) is 3. The van der Waals surface area contributed by atoms with Crippen molar-refractivity contribution < 1.29 is 24.1 Å². The molecule has 28 heavy (non-hydrogen) atoms. The lowest BCUT2D eigenvalue weighted by Gasteiger charge is -2.30. The molecular formula is C17H21FN6O4. The number of carbonyl (C=O) groups excluding carboxylic acids is 1. The Morgan fingerprint density at radius 1 is 1.43 bits per heavy atom. The standard InChI is InChI=1S/C17H21FN6O4/c1-9(17(26)19-4-5-25)21-16-14(23-28-24-16)15(22-27)20-8-11-6-10-2-3-12(18)7-13(10)11/h2-3,7,9,11,25,27H,4-6,8H2,1H3,(H,19,26)(H,20,22)(H,21,24)/t9-,11?/m0/s1. The number of aromatic nitrogens is 2. The maximum absolute atomic E-state index is 13.4. The summed E-state index contributed by atoms with van der Waals surface area (Å²) in [4.78, 5) is 11.9. The highest BCUT2D eigenvalue weighted by atomic mass is 19.1. The third kappa shape index (κ3) is 4.19. The molecule has 0 aliphatic heterocycles. The third-order valence-corrected chi connectivity index (χ3v) is 4.50. The molecule has 1 aliphatic rings. The van der Waals surface area contributed by atoms with Crippen LogP contribution in [0, 0.1) is 5.82 Å². The van der Waals surface area contributed by atoms with E-state index in [0.29, 0.717) is 6.54 Å². The monoisotopic (exact) mass is 392 g/mol. The largest absolute Gasteiger partial charge is 0.409 e. The van der Waals surface area contributed by atoms with Gasteiger partial charge in [-0.3, -0.25) is 4.79 Å². The van der Waals surface area contributed by atoms with Crippen LogP contribution in [0.3, 0.4) is 0 Å². The number of fused-ring (bicyclic) bond motifs is 1. The second-order valence-corrected chi connectivity index (χ2v) is 6.42. The van der Waals surface area contributed by atoms with Crippen molar-refractivity contribution in [2.24, 2.45) is 5.16 Å². The number of aliphatic hydroxyl groups excluding tert-OH is 1. The maximum atomic E-state index is 13.4. The minimum atomic E-state index is -0.696. The molecule has 10 nitrogen and oxygen atoms in total. The zero-order chi connectivity index (χ0) is 20.1. The summed E-state index contributed by atoms with van der Waals surface area (Å²) in [5, 5.41) is 37.0. The van der Waals surface area contributed by atoms with E-state index in [2.05, 4.69) is 31.4 Å².